The largest absolute Gasteiger partial charge is 0.493 e. The number of carboxylic acid groups (broad SMARTS) is 1. The molecule has 3 aromatic carbocycles. The first-order valence-electron chi connectivity index (χ1n) is 23.2. The van der Waals surface area contributed by atoms with Crippen molar-refractivity contribution in [1.29, 1.82) is 0 Å². The Hall–Kier alpha value is -6.27. The lowest BCUT2D eigenvalue weighted by Crippen LogP contribution is -2.53. The van der Waals surface area contributed by atoms with Crippen molar-refractivity contribution in [1.82, 2.24) is 25.9 Å². The average Bonchev–Trinajstić information content (AvgIpc) is 3.61. The molecular formula is C53H59ClN6O6. The van der Waals surface area contributed by atoms with Crippen LogP contribution in [0.5, 0.6) is 5.75 Å². The number of aryl methyl sites for hydroxylation is 1. The number of nitrogens with one attached hydrogen (secondary N) is 4. The van der Waals surface area contributed by atoms with Gasteiger partial charge in [0.05, 0.1) is 13.0 Å². The maximum Gasteiger partial charge on any atom is 0.329 e. The molecule has 1 fully saturated rings. The number of carboxylic acids is 1. The van der Waals surface area contributed by atoms with Gasteiger partial charge in [0.1, 0.15) is 17.0 Å². The van der Waals surface area contributed by atoms with Crippen molar-refractivity contribution >= 4 is 41.0 Å². The number of benzene rings is 3. The van der Waals surface area contributed by atoms with Gasteiger partial charge in [-0.15, -0.1) is 0 Å². The van der Waals surface area contributed by atoms with Crippen molar-refractivity contribution in [2.45, 2.75) is 94.9 Å². The van der Waals surface area contributed by atoms with E-state index in [2.05, 4.69) is 51.1 Å². The zero-order valence-corrected chi connectivity index (χ0v) is 38.7. The third-order valence-corrected chi connectivity index (χ3v) is 14.4. The zero-order chi connectivity index (χ0) is 46.4. The quantitative estimate of drug-likeness (QED) is 0.0608. The molecule has 3 amide bonds. The van der Waals surface area contributed by atoms with Gasteiger partial charge in [0, 0.05) is 65.6 Å². The fourth-order valence-corrected chi connectivity index (χ4v) is 10.8. The monoisotopic (exact) mass is 910 g/mol. The van der Waals surface area contributed by atoms with Crippen LogP contribution in [0.15, 0.2) is 97.3 Å². The molecule has 12 nitrogen and oxygen atoms in total. The van der Waals surface area contributed by atoms with Gasteiger partial charge in [-0.1, -0.05) is 67.9 Å². The fourth-order valence-electron chi connectivity index (χ4n) is 10.7. The Kier molecular flexibility index (Phi) is 14.1. The first-order chi connectivity index (χ1) is 31.9. The standard InChI is InChI=1S/C53H59ClN6O6/c1-33(32-66-46-17-22-56-44-12-4-7-34(2)48(44)46)25-40-28-37-13-14-38(29-43(37)52(40)18-20-53(21-19-52,51(64)65)60-42-11-6-10-41(54)30-42)49(62)58-24-23-57-47(61)27-35-8-5-9-36(26-35)39-15-16-45(59-31-39)50(63)55-3/h5-6,8-11,13-17,22,26,29-31,33-34,40,60H,4,7,12,18-21,23-25,27-28,32H2,1-3H3,(H,55,63)(H,57,61)(H,58,62)(H,64,65)/t33-,34-,40+,52?,53?/m1/s1. The fraction of sp³-hybridized carbons (Fsp3) is 0.396. The van der Waals surface area contributed by atoms with E-state index >= 15 is 0 Å². The summed E-state index contributed by atoms with van der Waals surface area (Å²) in [5, 5.41) is 23.1. The van der Waals surface area contributed by atoms with Gasteiger partial charge in [0.25, 0.3) is 11.8 Å². The normalized spacial score (nSPS) is 21.2. The highest BCUT2D eigenvalue weighted by Gasteiger charge is 2.54. The van der Waals surface area contributed by atoms with Crippen molar-refractivity contribution < 1.29 is 29.0 Å². The van der Waals surface area contributed by atoms with Gasteiger partial charge < -0.3 is 31.1 Å². The molecule has 0 radical (unpaired) electrons. The number of aliphatic carboxylic acids is 1. The molecule has 0 bridgehead atoms. The highest BCUT2D eigenvalue weighted by Crippen LogP contribution is 2.56. The number of nitrogens with zero attached hydrogens (tertiary/aromatic N) is 2. The number of amides is 3. The van der Waals surface area contributed by atoms with E-state index < -0.39 is 11.5 Å². The Bertz CT molecular complexity index is 2590. The smallest absolute Gasteiger partial charge is 0.329 e. The van der Waals surface area contributed by atoms with Gasteiger partial charge in [-0.05, 0) is 146 Å². The van der Waals surface area contributed by atoms with Crippen LogP contribution in [-0.2, 0) is 34.3 Å². The lowest BCUT2D eigenvalue weighted by atomic mass is 9.59. The van der Waals surface area contributed by atoms with Crippen LogP contribution >= 0.6 is 11.6 Å². The highest BCUT2D eigenvalue weighted by atomic mass is 35.5. The minimum absolute atomic E-state index is 0.160. The molecule has 344 valence electrons. The van der Waals surface area contributed by atoms with Gasteiger partial charge in [-0.2, -0.15) is 0 Å². The summed E-state index contributed by atoms with van der Waals surface area (Å²) in [4.78, 5) is 60.7. The van der Waals surface area contributed by atoms with Crippen molar-refractivity contribution in [2.24, 2.45) is 11.8 Å². The lowest BCUT2D eigenvalue weighted by molar-refractivity contribution is -0.144. The molecule has 3 atom stereocenters. The highest BCUT2D eigenvalue weighted by molar-refractivity contribution is 6.30. The molecule has 13 heteroatoms. The van der Waals surface area contributed by atoms with Crippen molar-refractivity contribution in [3.63, 3.8) is 0 Å². The molecule has 0 unspecified atom stereocenters. The summed E-state index contributed by atoms with van der Waals surface area (Å²) in [6.45, 7) is 5.55. The molecule has 5 aromatic rings. The second-order valence-electron chi connectivity index (χ2n) is 18.6. The number of ether oxygens (including phenoxy) is 1. The molecule has 0 saturated heterocycles. The summed E-state index contributed by atoms with van der Waals surface area (Å²) in [6.07, 6.45) is 10.7. The number of anilines is 1. The van der Waals surface area contributed by atoms with E-state index in [1.807, 2.05) is 66.9 Å². The van der Waals surface area contributed by atoms with Crippen LogP contribution in [0.2, 0.25) is 5.02 Å². The number of fused-ring (bicyclic) bond motifs is 3. The van der Waals surface area contributed by atoms with Crippen LogP contribution in [-0.4, -0.2) is 71.0 Å². The maximum atomic E-state index is 13.8. The number of halogens is 1. The molecule has 3 aliphatic rings. The number of aromatic nitrogens is 2. The van der Waals surface area contributed by atoms with Gasteiger partial charge >= 0.3 is 5.97 Å². The van der Waals surface area contributed by atoms with Crippen LogP contribution in [0.25, 0.3) is 11.1 Å². The van der Waals surface area contributed by atoms with E-state index in [4.69, 9.17) is 16.3 Å². The Morgan fingerprint density at radius 2 is 1.70 bits per heavy atom. The van der Waals surface area contributed by atoms with Crippen LogP contribution < -0.4 is 26.0 Å². The zero-order valence-electron chi connectivity index (χ0n) is 37.9. The van der Waals surface area contributed by atoms with Gasteiger partial charge in [0.15, 0.2) is 0 Å². The molecule has 5 N–H and O–H groups in total. The molecule has 0 aliphatic heterocycles. The van der Waals surface area contributed by atoms with Crippen molar-refractivity contribution in [3.05, 3.63) is 142 Å². The molecule has 1 saturated carbocycles. The molecule has 2 heterocycles. The summed E-state index contributed by atoms with van der Waals surface area (Å²) in [7, 11) is 1.56. The van der Waals surface area contributed by atoms with Crippen LogP contribution in [0.3, 0.4) is 0 Å². The predicted octanol–water partition coefficient (Wildman–Crippen LogP) is 8.71. The molecular weight excluding hydrogens is 852 g/mol. The molecule has 8 rings (SSSR count). The topological polar surface area (TPSA) is 172 Å². The lowest BCUT2D eigenvalue weighted by Gasteiger charge is -2.47. The number of carbonyl (C=O) groups excluding carboxylic acids is 3. The third-order valence-electron chi connectivity index (χ3n) is 14.1. The third kappa shape index (κ3) is 10.1. The first-order valence-corrected chi connectivity index (χ1v) is 23.6. The number of pyridine rings is 2. The Morgan fingerprint density at radius 3 is 2.45 bits per heavy atom. The van der Waals surface area contributed by atoms with Gasteiger partial charge in [-0.3, -0.25) is 24.4 Å². The van der Waals surface area contributed by atoms with Gasteiger partial charge in [-0.25, -0.2) is 4.79 Å². The van der Waals surface area contributed by atoms with E-state index in [1.54, 1.807) is 31.4 Å². The maximum absolute atomic E-state index is 13.8. The predicted molar refractivity (Wildman–Crippen MR) is 256 cm³/mol. The Morgan fingerprint density at radius 1 is 0.894 bits per heavy atom. The SMILES string of the molecule is CNC(=O)c1ccc(-c2cccc(CC(=O)NCCNC(=O)c3ccc4c(c3)C3(CCC(Nc5cccc(Cl)c5)(C(=O)O)CC3)[C@@H](C[C@@H](C)COc3ccnc5c3[C@H](C)CCC5)C4)c2)cn1. The summed E-state index contributed by atoms with van der Waals surface area (Å²) < 4.78 is 6.59. The molecule has 1 spiro atoms. The number of hydrogen-bond acceptors (Lipinski definition) is 8. The van der Waals surface area contributed by atoms with E-state index in [1.165, 1.54) is 11.1 Å². The van der Waals surface area contributed by atoms with Crippen LogP contribution in [0.1, 0.15) is 114 Å². The van der Waals surface area contributed by atoms with E-state index in [9.17, 15) is 24.3 Å². The summed E-state index contributed by atoms with van der Waals surface area (Å²) >= 11 is 6.31. The number of hydrogen-bond donors (Lipinski definition) is 5. The number of rotatable bonds is 16. The van der Waals surface area contributed by atoms with Crippen LogP contribution in [0, 0.1) is 11.8 Å². The van der Waals surface area contributed by atoms with Crippen molar-refractivity contribution in [3.8, 4) is 16.9 Å². The van der Waals surface area contributed by atoms with E-state index in [-0.39, 0.29) is 54.5 Å². The first kappa shape index (κ1) is 46.3. The van der Waals surface area contributed by atoms with E-state index in [0.29, 0.717) is 60.2 Å². The molecule has 3 aliphatic carbocycles. The second kappa shape index (κ2) is 20.1. The summed E-state index contributed by atoms with van der Waals surface area (Å²) in [6, 6.07) is 26.3. The molecule has 2 aromatic heterocycles. The van der Waals surface area contributed by atoms with E-state index in [0.717, 1.165) is 65.8 Å². The minimum atomic E-state index is -1.17. The Labute approximate surface area is 391 Å². The molecule has 66 heavy (non-hydrogen) atoms. The summed E-state index contributed by atoms with van der Waals surface area (Å²) in [5.41, 5.74) is 7.26. The summed E-state index contributed by atoms with van der Waals surface area (Å²) in [5.74, 6) is 0.219. The number of carbonyl (C=O) groups is 4. The minimum Gasteiger partial charge on any atom is -0.493 e. The van der Waals surface area contributed by atoms with Gasteiger partial charge in [0.2, 0.25) is 5.91 Å². The second-order valence-corrected chi connectivity index (χ2v) is 19.0. The Balaban J connectivity index is 0.929. The average molecular weight is 912 g/mol. The van der Waals surface area contributed by atoms with Crippen LogP contribution in [0.4, 0.5) is 5.69 Å². The van der Waals surface area contributed by atoms with Crippen molar-refractivity contribution in [2.75, 3.05) is 32.1 Å².